The average Bonchev–Trinajstić information content (AvgIpc) is 1.78. The quantitative estimate of drug-likeness (QED) is 0.721. The van der Waals surface area contributed by atoms with Crippen molar-refractivity contribution in [1.82, 2.24) is 0 Å². The molecule has 0 aromatic rings. The Kier molecular flexibility index (Phi) is 5.23. The van der Waals surface area contributed by atoms with Crippen LogP contribution in [0.5, 0.6) is 0 Å². The molecule has 9 heteroatoms. The molecule has 0 radical (unpaired) electrons. The van der Waals surface area contributed by atoms with E-state index in [2.05, 4.69) is 4.52 Å². The maximum Gasteiger partial charge on any atom is 0.338 e. The highest BCUT2D eigenvalue weighted by molar-refractivity contribution is 8.13. The Morgan fingerprint density at radius 3 is 1.64 bits per heavy atom. The van der Waals surface area contributed by atoms with Crippen molar-refractivity contribution in [3.63, 3.8) is 0 Å². The minimum absolute atomic E-state index is 1.22. The Hall–Kier alpha value is 0.990. The Bertz CT molecular complexity index is 334. The largest absolute Gasteiger partial charge is 0.338 e. The summed E-state index contributed by atoms with van der Waals surface area (Å²) in [4.78, 5) is 0. The molecule has 0 saturated heterocycles. The first kappa shape index (κ1) is 15.0. The van der Waals surface area contributed by atoms with Crippen molar-refractivity contribution in [3.8, 4) is 0 Å². The molecule has 14 heavy (non-hydrogen) atoms. The van der Waals surface area contributed by atoms with Crippen molar-refractivity contribution < 1.29 is 22.3 Å². The smallest absolute Gasteiger partial charge is 0.312 e. The highest BCUT2D eigenvalue weighted by Crippen LogP contribution is 2.66. The summed E-state index contributed by atoms with van der Waals surface area (Å²) in [6.45, 7) is 5.78. The van der Waals surface area contributed by atoms with Gasteiger partial charge < -0.3 is 4.52 Å². The van der Waals surface area contributed by atoms with Gasteiger partial charge in [-0.3, -0.25) is 13.4 Å². The van der Waals surface area contributed by atoms with Gasteiger partial charge in [0.15, 0.2) is 0 Å². The van der Waals surface area contributed by atoms with Crippen molar-refractivity contribution in [2.75, 3.05) is 33.8 Å². The second-order valence-corrected chi connectivity index (χ2v) is 13.0. The highest BCUT2D eigenvalue weighted by atomic mass is 32.4. The molecule has 0 aromatic carbocycles. The number of rotatable bonds is 5. The molecular weight excluding hydrogens is 265 g/mol. The van der Waals surface area contributed by atoms with Crippen LogP contribution in [-0.4, -0.2) is 33.8 Å². The van der Waals surface area contributed by atoms with Gasteiger partial charge >= 0.3 is 15.2 Å². The van der Waals surface area contributed by atoms with Crippen LogP contribution in [0, 0.1) is 0 Å². The van der Waals surface area contributed by atoms with Crippen molar-refractivity contribution in [2.45, 2.75) is 0 Å². The van der Waals surface area contributed by atoms with Crippen molar-refractivity contribution in [1.29, 1.82) is 0 Å². The van der Waals surface area contributed by atoms with Gasteiger partial charge in [-0.2, -0.15) is 0 Å². The van der Waals surface area contributed by atoms with Crippen LogP contribution in [0.15, 0.2) is 0 Å². The van der Waals surface area contributed by atoms with Gasteiger partial charge in [-0.15, -0.1) is 0 Å². The van der Waals surface area contributed by atoms with Crippen LogP contribution in [0.1, 0.15) is 0 Å². The maximum atomic E-state index is 11.7. The van der Waals surface area contributed by atoms with Crippen LogP contribution in [0.25, 0.3) is 0 Å². The first-order valence-electron chi connectivity index (χ1n) is 3.66. The molecule has 0 aliphatic heterocycles. The highest BCUT2D eigenvalue weighted by Gasteiger charge is 2.30. The van der Waals surface area contributed by atoms with E-state index in [1.807, 2.05) is 0 Å². The summed E-state index contributed by atoms with van der Waals surface area (Å²) < 4.78 is 37.4. The third kappa shape index (κ3) is 7.30. The van der Waals surface area contributed by atoms with Gasteiger partial charge in [0.1, 0.15) is 0 Å². The van der Waals surface area contributed by atoms with Crippen molar-refractivity contribution in [3.05, 3.63) is 0 Å². The Balaban J connectivity index is 4.60. The number of hydrogen-bond acceptors (Lipinski definition) is 6. The van der Waals surface area contributed by atoms with E-state index in [9.17, 15) is 9.13 Å². The van der Waals surface area contributed by atoms with Crippen molar-refractivity contribution in [2.24, 2.45) is 0 Å². The molecular formula is C5H15O5P3S. The molecule has 0 aromatic heterocycles. The fourth-order valence-corrected chi connectivity index (χ4v) is 7.43. The number of hydrogen-bond donors (Lipinski definition) is 0. The lowest BCUT2D eigenvalue weighted by molar-refractivity contribution is 0.312. The fraction of sp³-hybridized carbons (Fsp3) is 1.00. The van der Waals surface area contributed by atoms with Crippen LogP contribution >= 0.6 is 21.5 Å². The Labute approximate surface area is 89.7 Å². The molecule has 0 amide bonds. The summed E-state index contributed by atoms with van der Waals surface area (Å²) in [6.07, 6.45) is -2.12. The third-order valence-corrected chi connectivity index (χ3v) is 7.37. The molecule has 0 aliphatic carbocycles. The van der Waals surface area contributed by atoms with Gasteiger partial charge in [-0.1, -0.05) is 11.8 Å². The molecule has 0 fully saturated rings. The topological polar surface area (TPSA) is 61.8 Å². The van der Waals surface area contributed by atoms with Crippen LogP contribution in [0.3, 0.4) is 0 Å². The zero-order valence-electron chi connectivity index (χ0n) is 8.79. The predicted molar refractivity (Wildman–Crippen MR) is 62.4 cm³/mol. The first-order valence-corrected chi connectivity index (χ1v) is 11.3. The normalized spacial score (nSPS) is 21.2. The molecule has 2 atom stereocenters. The Morgan fingerprint density at radius 1 is 0.929 bits per heavy atom. The molecule has 0 heterocycles. The molecule has 86 valence electrons. The first-order chi connectivity index (χ1) is 5.97. The van der Waals surface area contributed by atoms with E-state index >= 15 is 0 Å². The summed E-state index contributed by atoms with van der Waals surface area (Å²) in [5.41, 5.74) is 0. The molecule has 0 rings (SSSR count). The molecule has 2 unspecified atom stereocenters. The summed E-state index contributed by atoms with van der Waals surface area (Å²) in [5.74, 6) is 0. The minimum atomic E-state index is -3.40. The summed E-state index contributed by atoms with van der Waals surface area (Å²) in [6, 6.07) is 0. The summed E-state index contributed by atoms with van der Waals surface area (Å²) in [5, 5.41) is 0. The maximum absolute atomic E-state index is 11.7. The minimum Gasteiger partial charge on any atom is -0.312 e. The van der Waals surface area contributed by atoms with Gasteiger partial charge in [0, 0.05) is 20.4 Å². The van der Waals surface area contributed by atoms with Crippen LogP contribution in [0.2, 0.25) is 0 Å². The van der Waals surface area contributed by atoms with E-state index in [0.29, 0.717) is 0 Å². The lowest BCUT2D eigenvalue weighted by Crippen LogP contribution is -1.92. The van der Waals surface area contributed by atoms with E-state index in [-0.39, 0.29) is 0 Å². The van der Waals surface area contributed by atoms with Crippen LogP contribution < -0.4 is 0 Å². The van der Waals surface area contributed by atoms with Gasteiger partial charge in [0.05, 0.1) is 6.26 Å². The van der Waals surface area contributed by atoms with Crippen LogP contribution in [0.4, 0.5) is 0 Å². The molecule has 5 nitrogen and oxygen atoms in total. The molecule has 0 saturated carbocycles. The van der Waals surface area contributed by atoms with Gasteiger partial charge in [0.25, 0.3) is 0 Å². The Morgan fingerprint density at radius 2 is 1.36 bits per heavy atom. The van der Waals surface area contributed by atoms with E-state index < -0.39 is 21.5 Å². The van der Waals surface area contributed by atoms with Gasteiger partial charge in [-0.25, -0.2) is 4.31 Å². The average molecular weight is 280 g/mol. The molecule has 0 bridgehead atoms. The molecule has 0 N–H and O–H groups in total. The van der Waals surface area contributed by atoms with Gasteiger partial charge in [0.2, 0.25) is 0 Å². The zero-order valence-corrected chi connectivity index (χ0v) is 12.3. The summed E-state index contributed by atoms with van der Waals surface area (Å²) in [7, 11) is -5.48. The predicted octanol–water partition coefficient (Wildman–Crippen LogP) is 2.97. The van der Waals surface area contributed by atoms with E-state index in [1.165, 1.54) is 20.4 Å². The fourth-order valence-electron chi connectivity index (χ4n) is 0.675. The zero-order chi connectivity index (χ0) is 11.6. The molecule has 0 spiro atoms. The van der Waals surface area contributed by atoms with Crippen LogP contribution in [-0.2, 0) is 34.1 Å². The SMILES string of the molecule is COP(C)(=O)OP(C)(=O)OP(C)(C)=S. The summed E-state index contributed by atoms with van der Waals surface area (Å²) >= 11 is 4.96. The van der Waals surface area contributed by atoms with E-state index in [1.54, 1.807) is 13.3 Å². The molecule has 0 aliphatic rings. The van der Waals surface area contributed by atoms with Gasteiger partial charge in [-0.05, 0) is 13.3 Å². The lowest BCUT2D eigenvalue weighted by atomic mass is 11.8. The van der Waals surface area contributed by atoms with Crippen molar-refractivity contribution >= 4 is 33.3 Å². The second kappa shape index (κ2) is 4.88. The van der Waals surface area contributed by atoms with E-state index in [4.69, 9.17) is 20.4 Å². The standard InChI is InChI=1S/C5H15O5P3S/c1-8-12(4,6)10-13(5,7)9-11(2,3)14/h1-5H3. The van der Waals surface area contributed by atoms with E-state index in [0.717, 1.165) is 0 Å². The lowest BCUT2D eigenvalue weighted by Gasteiger charge is -2.21. The second-order valence-electron chi connectivity index (χ2n) is 3.14. The monoisotopic (exact) mass is 280 g/mol. The third-order valence-electron chi connectivity index (χ3n) is 0.973.